The molecule has 0 N–H and O–H groups in total. The zero-order valence-electron chi connectivity index (χ0n) is 15.7. The number of aromatic nitrogens is 1. The fourth-order valence-corrected chi connectivity index (χ4v) is 3.46. The zero-order chi connectivity index (χ0) is 16.9. The van der Waals surface area contributed by atoms with E-state index in [2.05, 4.69) is 54.4 Å². The maximum absolute atomic E-state index is 2.37. The van der Waals surface area contributed by atoms with E-state index >= 15 is 0 Å². The van der Waals surface area contributed by atoms with Crippen LogP contribution < -0.4 is 4.57 Å². The molecule has 132 valence electrons. The first-order valence-electron chi connectivity index (χ1n) is 10.1. The Hall–Kier alpha value is -1.37. The van der Waals surface area contributed by atoms with Crippen molar-refractivity contribution in [1.29, 1.82) is 0 Å². The Labute approximate surface area is 149 Å². The fraction of sp³-hybridized carbons (Fsp3) is 0.609. The van der Waals surface area contributed by atoms with Crippen LogP contribution in [0.1, 0.15) is 82.6 Å². The van der Waals surface area contributed by atoms with Gasteiger partial charge in [0.25, 0.3) is 0 Å². The molecule has 1 heterocycles. The van der Waals surface area contributed by atoms with Gasteiger partial charge in [0.1, 0.15) is 7.05 Å². The number of unbranched alkanes of at least 4 members (excludes halogenated alkanes) is 9. The Morgan fingerprint density at radius 2 is 1.29 bits per heavy atom. The number of nitrogens with zero attached hydrogens (tertiary/aromatic N) is 1. The molecule has 0 saturated heterocycles. The van der Waals surface area contributed by atoms with Gasteiger partial charge in [-0.3, -0.25) is 0 Å². The largest absolute Gasteiger partial charge is 0.208 e. The average molecular weight is 327 g/mol. The van der Waals surface area contributed by atoms with Crippen LogP contribution in [0.3, 0.4) is 0 Å². The van der Waals surface area contributed by atoms with Crippen molar-refractivity contribution < 1.29 is 4.57 Å². The summed E-state index contributed by atoms with van der Waals surface area (Å²) in [4.78, 5) is 0. The number of hydrogen-bond acceptors (Lipinski definition) is 0. The first-order chi connectivity index (χ1) is 11.8. The number of pyridine rings is 1. The van der Waals surface area contributed by atoms with Crippen LogP contribution in [0, 0.1) is 0 Å². The lowest BCUT2D eigenvalue weighted by molar-refractivity contribution is -0.671. The van der Waals surface area contributed by atoms with Gasteiger partial charge < -0.3 is 0 Å². The van der Waals surface area contributed by atoms with Crippen LogP contribution in [-0.2, 0) is 13.5 Å². The average Bonchev–Trinajstić information content (AvgIpc) is 3.11. The van der Waals surface area contributed by atoms with Gasteiger partial charge in [-0.15, -0.1) is 0 Å². The van der Waals surface area contributed by atoms with E-state index < -0.39 is 0 Å². The molecule has 0 fully saturated rings. The standard InChI is InChI=1S/C23H36N/c1-24-20-18-23(19-21-24)15-11-9-7-5-3-2-4-6-8-10-14-22-16-12-13-17-22/h12,16-21H,2-11,13-15H2,1H3/q+1. The summed E-state index contributed by atoms with van der Waals surface area (Å²) in [7, 11) is 2.08. The van der Waals surface area contributed by atoms with E-state index in [4.69, 9.17) is 0 Å². The third-order valence-electron chi connectivity index (χ3n) is 5.08. The topological polar surface area (TPSA) is 3.88 Å². The number of allylic oxidation sites excluding steroid dienone is 4. The van der Waals surface area contributed by atoms with Crippen molar-refractivity contribution >= 4 is 0 Å². The van der Waals surface area contributed by atoms with Crippen LogP contribution in [0.2, 0.25) is 0 Å². The van der Waals surface area contributed by atoms with Crippen molar-refractivity contribution in [2.45, 2.75) is 83.5 Å². The van der Waals surface area contributed by atoms with E-state index in [9.17, 15) is 0 Å². The second-order valence-electron chi connectivity index (χ2n) is 7.32. The number of hydrogen-bond donors (Lipinski definition) is 0. The third-order valence-corrected chi connectivity index (χ3v) is 5.08. The fourth-order valence-electron chi connectivity index (χ4n) is 3.46. The summed E-state index contributed by atoms with van der Waals surface area (Å²) in [6.45, 7) is 0. The molecule has 0 saturated carbocycles. The van der Waals surface area contributed by atoms with Crippen molar-refractivity contribution in [3.05, 3.63) is 53.9 Å². The SMILES string of the molecule is C[n+]1ccc(CCCCCCCCCCCCC2=CCC=C2)cc1. The molecule has 0 aliphatic heterocycles. The van der Waals surface area contributed by atoms with Gasteiger partial charge in [0.15, 0.2) is 12.4 Å². The molecule has 0 spiro atoms. The van der Waals surface area contributed by atoms with Crippen molar-refractivity contribution in [2.75, 3.05) is 0 Å². The lowest BCUT2D eigenvalue weighted by Gasteiger charge is -2.03. The van der Waals surface area contributed by atoms with Gasteiger partial charge in [0, 0.05) is 12.1 Å². The minimum Gasteiger partial charge on any atom is -0.208 e. The zero-order valence-corrected chi connectivity index (χ0v) is 15.7. The summed E-state index contributed by atoms with van der Waals surface area (Å²) in [6, 6.07) is 4.50. The van der Waals surface area contributed by atoms with Crippen LogP contribution >= 0.6 is 0 Å². The van der Waals surface area contributed by atoms with Gasteiger partial charge in [-0.05, 0) is 37.7 Å². The minimum absolute atomic E-state index is 1.17. The van der Waals surface area contributed by atoms with Crippen LogP contribution in [0.15, 0.2) is 48.3 Å². The Bertz CT molecular complexity index is 495. The molecule has 24 heavy (non-hydrogen) atoms. The van der Waals surface area contributed by atoms with Crippen molar-refractivity contribution in [1.82, 2.24) is 0 Å². The summed E-state index contributed by atoms with van der Waals surface area (Å²) < 4.78 is 2.10. The lowest BCUT2D eigenvalue weighted by Crippen LogP contribution is -2.25. The highest BCUT2D eigenvalue weighted by Crippen LogP contribution is 2.17. The van der Waals surface area contributed by atoms with Gasteiger partial charge in [-0.2, -0.15) is 0 Å². The molecule has 0 bridgehead atoms. The number of rotatable bonds is 13. The van der Waals surface area contributed by atoms with E-state index in [1.165, 1.54) is 89.0 Å². The van der Waals surface area contributed by atoms with E-state index in [1.807, 2.05) is 0 Å². The second kappa shape index (κ2) is 12.1. The highest BCUT2D eigenvalue weighted by Gasteiger charge is 1.99. The van der Waals surface area contributed by atoms with Crippen LogP contribution in [0.5, 0.6) is 0 Å². The molecular formula is C23H36N+. The van der Waals surface area contributed by atoms with Crippen LogP contribution in [0.25, 0.3) is 0 Å². The molecule has 2 rings (SSSR count). The highest BCUT2D eigenvalue weighted by molar-refractivity contribution is 5.25. The molecule has 1 aliphatic rings. The normalized spacial score (nSPS) is 13.5. The number of aryl methyl sites for hydroxylation is 2. The summed E-state index contributed by atoms with van der Waals surface area (Å²) in [5.74, 6) is 0. The maximum Gasteiger partial charge on any atom is 0.168 e. The van der Waals surface area contributed by atoms with Crippen molar-refractivity contribution in [3.8, 4) is 0 Å². The molecule has 0 aromatic carbocycles. The van der Waals surface area contributed by atoms with E-state index in [1.54, 1.807) is 5.57 Å². The van der Waals surface area contributed by atoms with Crippen LogP contribution in [-0.4, -0.2) is 0 Å². The molecule has 1 aromatic rings. The van der Waals surface area contributed by atoms with E-state index in [-0.39, 0.29) is 0 Å². The highest BCUT2D eigenvalue weighted by atomic mass is 14.9. The molecule has 0 radical (unpaired) electrons. The predicted octanol–water partition coefficient (Wildman–Crippen LogP) is 6.23. The van der Waals surface area contributed by atoms with Crippen molar-refractivity contribution in [2.24, 2.45) is 7.05 Å². The molecule has 0 atom stereocenters. The van der Waals surface area contributed by atoms with Gasteiger partial charge >= 0.3 is 0 Å². The molecule has 1 aliphatic carbocycles. The summed E-state index contributed by atoms with van der Waals surface area (Å²) in [6.07, 6.45) is 29.1. The predicted molar refractivity (Wildman–Crippen MR) is 104 cm³/mol. The molecule has 1 nitrogen and oxygen atoms in total. The first-order valence-corrected chi connectivity index (χ1v) is 10.1. The van der Waals surface area contributed by atoms with Crippen LogP contribution in [0.4, 0.5) is 0 Å². The molecular weight excluding hydrogens is 290 g/mol. The Balaban J connectivity index is 1.31. The maximum atomic E-state index is 2.37. The Morgan fingerprint density at radius 1 is 0.750 bits per heavy atom. The first kappa shape index (κ1) is 19.0. The lowest BCUT2D eigenvalue weighted by atomic mass is 10.0. The molecule has 1 aromatic heterocycles. The van der Waals surface area contributed by atoms with Crippen molar-refractivity contribution in [3.63, 3.8) is 0 Å². The monoisotopic (exact) mass is 326 g/mol. The summed E-state index contributed by atoms with van der Waals surface area (Å²) in [5.41, 5.74) is 3.05. The minimum atomic E-state index is 1.17. The van der Waals surface area contributed by atoms with Gasteiger partial charge in [0.2, 0.25) is 0 Å². The van der Waals surface area contributed by atoms with Gasteiger partial charge in [0.05, 0.1) is 0 Å². The van der Waals surface area contributed by atoms with Gasteiger partial charge in [-0.25, -0.2) is 4.57 Å². The Kier molecular flexibility index (Phi) is 9.53. The Morgan fingerprint density at radius 3 is 1.83 bits per heavy atom. The summed E-state index contributed by atoms with van der Waals surface area (Å²) >= 11 is 0. The smallest absolute Gasteiger partial charge is 0.168 e. The van der Waals surface area contributed by atoms with E-state index in [0.29, 0.717) is 0 Å². The third kappa shape index (κ3) is 8.47. The second-order valence-corrected chi connectivity index (χ2v) is 7.32. The summed E-state index contributed by atoms with van der Waals surface area (Å²) in [5, 5.41) is 0. The van der Waals surface area contributed by atoms with Gasteiger partial charge in [-0.1, -0.05) is 75.2 Å². The molecule has 0 unspecified atom stereocenters. The molecule has 1 heteroatoms. The quantitative estimate of drug-likeness (QED) is 0.299. The molecule has 0 amide bonds. The van der Waals surface area contributed by atoms with E-state index in [0.717, 1.165) is 0 Å².